The maximum Gasteiger partial charge on any atom is 0.410 e. The number of carbonyl (C=O) groups is 1. The van der Waals surface area contributed by atoms with E-state index in [4.69, 9.17) is 4.74 Å². The minimum Gasteiger partial charge on any atom is -0.444 e. The van der Waals surface area contributed by atoms with Crippen molar-refractivity contribution in [2.24, 2.45) is 5.92 Å². The average Bonchev–Trinajstić information content (AvgIpc) is 2.72. The number of ether oxygens (including phenoxy) is 1. The molecule has 0 unspecified atom stereocenters. The van der Waals surface area contributed by atoms with Gasteiger partial charge in [-0.3, -0.25) is 0 Å². The summed E-state index contributed by atoms with van der Waals surface area (Å²) in [4.78, 5) is 14.0. The zero-order valence-electron chi connectivity index (χ0n) is 18.3. The quantitative estimate of drug-likeness (QED) is 0.315. The van der Waals surface area contributed by atoms with Gasteiger partial charge in [-0.25, -0.2) is 17.9 Å². The van der Waals surface area contributed by atoms with E-state index in [0.29, 0.717) is 13.0 Å². The third kappa shape index (κ3) is 7.62. The van der Waals surface area contributed by atoms with Crippen molar-refractivity contribution in [3.8, 4) is 0 Å². The number of likely N-dealkylation sites (tertiary alicyclic amines) is 1. The molecule has 0 bridgehead atoms. The van der Waals surface area contributed by atoms with Crippen LogP contribution >= 0.6 is 34.8 Å². The number of amides is 1. The first-order valence-corrected chi connectivity index (χ1v) is 13.3. The summed E-state index contributed by atoms with van der Waals surface area (Å²) in [7, 11) is -3.76. The van der Waals surface area contributed by atoms with Crippen LogP contribution in [0.1, 0.15) is 27.2 Å². The highest BCUT2D eigenvalue weighted by molar-refractivity contribution is 14.1. The molecule has 0 aromatic heterocycles. The molecule has 0 radical (unpaired) electrons. The van der Waals surface area contributed by atoms with Gasteiger partial charge in [0.1, 0.15) is 5.60 Å². The summed E-state index contributed by atoms with van der Waals surface area (Å²) in [5.74, 6) is -0.411. The van der Waals surface area contributed by atoms with E-state index in [-0.39, 0.29) is 18.0 Å². The van der Waals surface area contributed by atoms with E-state index in [1.165, 1.54) is 4.90 Å². The Morgan fingerprint density at radius 1 is 1.28 bits per heavy atom. The normalized spacial score (nSPS) is 19.1. The second-order valence-corrected chi connectivity index (χ2v) is 11.9. The molecular weight excluding hydrogens is 563 g/mol. The minimum atomic E-state index is -3.76. The van der Waals surface area contributed by atoms with E-state index in [1.807, 2.05) is 46.9 Å². The highest BCUT2D eigenvalue weighted by atomic mass is 127. The number of aliphatic hydroxyl groups excluding tert-OH is 1. The first-order chi connectivity index (χ1) is 15.0. The van der Waals surface area contributed by atoms with Gasteiger partial charge < -0.3 is 14.7 Å². The number of hydrogen-bond acceptors (Lipinski definition) is 6. The molecule has 1 heterocycles. The summed E-state index contributed by atoms with van der Waals surface area (Å²) in [5.41, 5.74) is -0.611. The van der Waals surface area contributed by atoms with Crippen LogP contribution in [0.2, 0.25) is 0 Å². The Hall–Kier alpha value is -1.34. The average molecular weight is 593 g/mol. The highest BCUT2D eigenvalue weighted by Gasteiger charge is 2.35. The summed E-state index contributed by atoms with van der Waals surface area (Å²) < 4.78 is 35.5. The first-order valence-electron chi connectivity index (χ1n) is 10.1. The lowest BCUT2D eigenvalue weighted by atomic mass is 9.94. The van der Waals surface area contributed by atoms with Gasteiger partial charge in [0.25, 0.3) is 0 Å². The second-order valence-electron chi connectivity index (χ2n) is 8.48. The summed E-state index contributed by atoms with van der Waals surface area (Å²) in [5, 5.41) is 11.6. The number of sulfonamides is 1. The number of rotatable bonds is 4. The number of piperidine rings is 1. The summed E-state index contributed by atoms with van der Waals surface area (Å²) >= 11 is 6.23. The molecule has 1 aliphatic heterocycles. The molecule has 2 atom stereocenters. The topological polar surface area (TPSA) is 95.9 Å². The summed E-state index contributed by atoms with van der Waals surface area (Å²) in [6.07, 6.45) is -0.0520. The van der Waals surface area contributed by atoms with E-state index in [9.17, 15) is 18.3 Å². The van der Waals surface area contributed by atoms with Crippen LogP contribution in [0.25, 0.3) is 10.8 Å². The van der Waals surface area contributed by atoms with Crippen molar-refractivity contribution in [3.63, 3.8) is 0 Å². The van der Waals surface area contributed by atoms with Crippen molar-refractivity contribution in [1.29, 1.82) is 0 Å². The maximum absolute atomic E-state index is 12.9. The minimum absolute atomic E-state index is 0.183. The van der Waals surface area contributed by atoms with Crippen LogP contribution in [0.5, 0.6) is 0 Å². The van der Waals surface area contributed by atoms with Crippen molar-refractivity contribution in [3.05, 3.63) is 42.5 Å². The molecule has 2 aromatic rings. The third-order valence-electron chi connectivity index (χ3n) is 4.96. The lowest BCUT2D eigenvalue weighted by Crippen LogP contribution is -2.54. The van der Waals surface area contributed by atoms with E-state index in [2.05, 4.69) is 16.9 Å². The molecule has 0 aliphatic carbocycles. The van der Waals surface area contributed by atoms with Crippen molar-refractivity contribution in [2.45, 2.75) is 43.7 Å². The number of thiocarbonyl (C=S) groups is 1. The number of fused-ring (bicyclic) bond motifs is 1. The van der Waals surface area contributed by atoms with E-state index in [1.54, 1.807) is 42.3 Å². The number of nitrogens with zero attached hydrogens (tertiary/aromatic N) is 1. The van der Waals surface area contributed by atoms with Gasteiger partial charge in [0.05, 0.1) is 4.90 Å². The fourth-order valence-corrected chi connectivity index (χ4v) is 4.84. The number of carbonyl (C=O) groups excluding carboxylic acids is 1. The Kier molecular flexibility index (Phi) is 9.83. The molecule has 3 rings (SSSR count). The number of benzene rings is 2. The largest absolute Gasteiger partial charge is 0.444 e. The van der Waals surface area contributed by atoms with Gasteiger partial charge in [-0.05, 0) is 72.7 Å². The first kappa shape index (κ1) is 26.9. The van der Waals surface area contributed by atoms with Crippen molar-refractivity contribution >= 4 is 65.1 Å². The van der Waals surface area contributed by atoms with Gasteiger partial charge in [0.15, 0.2) is 0 Å². The van der Waals surface area contributed by atoms with Crippen LogP contribution in [-0.2, 0) is 14.8 Å². The number of halogens is 1. The predicted molar refractivity (Wildman–Crippen MR) is 139 cm³/mol. The van der Waals surface area contributed by atoms with Crippen molar-refractivity contribution in [1.82, 2.24) is 9.62 Å². The van der Waals surface area contributed by atoms with Gasteiger partial charge in [-0.1, -0.05) is 42.5 Å². The zero-order valence-corrected chi connectivity index (χ0v) is 22.1. The Morgan fingerprint density at radius 2 is 1.91 bits per heavy atom. The molecule has 2 N–H and O–H groups in total. The third-order valence-corrected chi connectivity index (χ3v) is 6.45. The van der Waals surface area contributed by atoms with Crippen LogP contribution in [0.4, 0.5) is 4.79 Å². The Balaban J connectivity index is 0.00000114. The van der Waals surface area contributed by atoms with Crippen LogP contribution in [-0.4, -0.2) is 59.2 Å². The Morgan fingerprint density at radius 3 is 2.50 bits per heavy atom. The van der Waals surface area contributed by atoms with Crippen LogP contribution in [0.15, 0.2) is 47.4 Å². The number of nitrogens with one attached hydrogen (secondary N) is 1. The molecule has 0 saturated carbocycles. The summed E-state index contributed by atoms with van der Waals surface area (Å²) in [6.45, 7) is 5.73. The molecule has 32 heavy (non-hydrogen) atoms. The molecule has 1 aliphatic rings. The molecule has 2 aromatic carbocycles. The van der Waals surface area contributed by atoms with Gasteiger partial charge in [-0.15, -0.1) is 0 Å². The standard InChI is InChI=1S/C21H28N2O5S.CHIS/c1-21(2,3)28-20(25)23-11-10-19(17(13-23)14-24)22-29(26,27)18-9-8-15-6-4-5-7-16(15)12-18;2-1-3/h4-9,12,17,19,22,24H,10-11,13-14H2,1-3H3;1H/t17-,19-;/m1./s1. The zero-order chi connectivity index (χ0) is 23.9. The Bertz CT molecular complexity index is 1040. The molecule has 1 saturated heterocycles. The number of hydrogen-bond donors (Lipinski definition) is 2. The van der Waals surface area contributed by atoms with Crippen molar-refractivity contribution in [2.75, 3.05) is 19.7 Å². The SMILES string of the molecule is CC(C)(C)OC(=O)N1CC[C@@H](NS(=O)(=O)c2ccc3ccccc3c2)[C@@H](CO)C1.S=CI. The fourth-order valence-electron chi connectivity index (χ4n) is 3.47. The lowest BCUT2D eigenvalue weighted by Gasteiger charge is -2.38. The van der Waals surface area contributed by atoms with Gasteiger partial charge >= 0.3 is 6.09 Å². The van der Waals surface area contributed by atoms with Crippen molar-refractivity contribution < 1.29 is 23.1 Å². The van der Waals surface area contributed by atoms with Crippen LogP contribution in [0, 0.1) is 5.92 Å². The van der Waals surface area contributed by atoms with Crippen LogP contribution in [0.3, 0.4) is 0 Å². The summed E-state index contributed by atoms with van der Waals surface area (Å²) in [6, 6.07) is 12.1. The molecule has 0 spiro atoms. The Labute approximate surface area is 208 Å². The van der Waals surface area contributed by atoms with Gasteiger partial charge in [0, 0.05) is 35.0 Å². The lowest BCUT2D eigenvalue weighted by molar-refractivity contribution is 0.00981. The molecule has 1 amide bonds. The fraction of sp³-hybridized carbons (Fsp3) is 0.455. The predicted octanol–water partition coefficient (Wildman–Crippen LogP) is 4.11. The number of aliphatic hydroxyl groups is 1. The molecule has 176 valence electrons. The highest BCUT2D eigenvalue weighted by Crippen LogP contribution is 2.23. The molecule has 1 fully saturated rings. The molecular formula is C22H29IN2O5S2. The maximum atomic E-state index is 12.9. The van der Waals surface area contributed by atoms with Gasteiger partial charge in [0.2, 0.25) is 10.0 Å². The van der Waals surface area contributed by atoms with Gasteiger partial charge in [-0.2, -0.15) is 0 Å². The molecule has 7 nitrogen and oxygen atoms in total. The smallest absolute Gasteiger partial charge is 0.410 e. The monoisotopic (exact) mass is 592 g/mol. The van der Waals surface area contributed by atoms with E-state index >= 15 is 0 Å². The van der Waals surface area contributed by atoms with E-state index < -0.39 is 33.7 Å². The molecule has 10 heteroatoms. The second kappa shape index (κ2) is 11.7. The van der Waals surface area contributed by atoms with Crippen LogP contribution < -0.4 is 4.72 Å². The van der Waals surface area contributed by atoms with E-state index in [0.717, 1.165) is 10.8 Å².